The quantitative estimate of drug-likeness (QED) is 0.445. The Morgan fingerprint density at radius 1 is 1.24 bits per heavy atom. The molecule has 1 fully saturated rings. The van der Waals surface area contributed by atoms with Crippen molar-refractivity contribution in [2.24, 2.45) is 5.73 Å². The summed E-state index contributed by atoms with van der Waals surface area (Å²) in [5, 5.41) is 12.7. The van der Waals surface area contributed by atoms with Crippen LogP contribution in [-0.2, 0) is 14.8 Å². The molecule has 0 aliphatic carbocycles. The highest BCUT2D eigenvalue weighted by Gasteiger charge is 2.34. The second-order valence-corrected chi connectivity index (χ2v) is 9.86. The Labute approximate surface area is 189 Å². The summed E-state index contributed by atoms with van der Waals surface area (Å²) in [7, 11) is -3.87. The van der Waals surface area contributed by atoms with Crippen LogP contribution in [0, 0.1) is 6.92 Å². The van der Waals surface area contributed by atoms with Gasteiger partial charge in [0.2, 0.25) is 0 Å². The van der Waals surface area contributed by atoms with Crippen molar-refractivity contribution in [3.8, 4) is 0 Å². The first-order valence-corrected chi connectivity index (χ1v) is 11.7. The average Bonchev–Trinajstić information content (AvgIpc) is 3.32. The number of carbonyl (C=O) groups excluding carboxylic acids is 1. The van der Waals surface area contributed by atoms with E-state index < -0.39 is 22.2 Å². The smallest absolute Gasteiger partial charge is 0.404 e. The van der Waals surface area contributed by atoms with Crippen LogP contribution in [0.2, 0.25) is 0 Å². The predicted molar refractivity (Wildman–Crippen MR) is 120 cm³/mol. The van der Waals surface area contributed by atoms with Crippen molar-refractivity contribution in [3.63, 3.8) is 0 Å². The van der Waals surface area contributed by atoms with E-state index >= 15 is 0 Å². The lowest BCUT2D eigenvalue weighted by Gasteiger charge is -2.41. The number of pyridine rings is 1. The average molecular weight is 471 g/mol. The molecule has 0 saturated carbocycles. The van der Waals surface area contributed by atoms with Crippen molar-refractivity contribution in [1.29, 1.82) is 0 Å². The number of imidazole rings is 1. The van der Waals surface area contributed by atoms with E-state index in [4.69, 9.17) is 10.5 Å². The van der Waals surface area contributed by atoms with Crippen molar-refractivity contribution < 1.29 is 23.1 Å². The monoisotopic (exact) mass is 470 g/mol. The SMILES string of the molecule is Cc1ccc(S(=O)(=O)n2ccc3c2ncc2nc(C(C)O)n(N4CC(OC(N)=O)C4)c23)cc1. The second-order valence-electron chi connectivity index (χ2n) is 8.05. The third kappa shape index (κ3) is 3.38. The number of ether oxygens (including phenoxy) is 1. The molecule has 1 amide bonds. The normalized spacial score (nSPS) is 15.7. The van der Waals surface area contributed by atoms with E-state index in [9.17, 15) is 18.3 Å². The molecule has 1 aliphatic heterocycles. The van der Waals surface area contributed by atoms with Crippen LogP contribution in [0.5, 0.6) is 0 Å². The number of carbonyl (C=O) groups is 1. The van der Waals surface area contributed by atoms with Gasteiger partial charge in [0.25, 0.3) is 10.0 Å². The molecule has 4 heterocycles. The zero-order valence-corrected chi connectivity index (χ0v) is 18.7. The van der Waals surface area contributed by atoms with Gasteiger partial charge in [-0.15, -0.1) is 0 Å². The number of aromatic nitrogens is 4. The summed E-state index contributed by atoms with van der Waals surface area (Å²) in [5.41, 5.74) is 7.40. The Balaban J connectivity index is 1.65. The Morgan fingerprint density at radius 3 is 2.58 bits per heavy atom. The van der Waals surface area contributed by atoms with E-state index in [1.807, 2.05) is 11.9 Å². The van der Waals surface area contributed by atoms with Crippen LogP contribution in [0.25, 0.3) is 22.1 Å². The van der Waals surface area contributed by atoms with E-state index in [-0.39, 0.29) is 16.6 Å². The molecular formula is C21H22N6O5S. The molecule has 1 unspecified atom stereocenters. The summed E-state index contributed by atoms with van der Waals surface area (Å²) in [6.07, 6.45) is 0.808. The van der Waals surface area contributed by atoms with Crippen molar-refractivity contribution in [1.82, 2.24) is 18.6 Å². The van der Waals surface area contributed by atoms with Gasteiger partial charge in [0, 0.05) is 11.6 Å². The van der Waals surface area contributed by atoms with Crippen LogP contribution >= 0.6 is 0 Å². The molecule has 11 nitrogen and oxygen atoms in total. The molecule has 1 aliphatic rings. The molecule has 1 atom stereocenters. The van der Waals surface area contributed by atoms with Crippen LogP contribution < -0.4 is 10.7 Å². The molecule has 12 heteroatoms. The van der Waals surface area contributed by atoms with Crippen molar-refractivity contribution >= 4 is 38.2 Å². The highest BCUT2D eigenvalue weighted by Crippen LogP contribution is 2.31. The standard InChI is InChI=1S/C21H22N6O5S/c1-12-3-5-15(6-4-12)33(30,31)26-8-7-16-18-17(9-23-20(16)26)24-19(13(2)28)27(18)25-10-14(11-25)32-21(22)29/h3-9,13-14,28H,10-11H2,1-2H3,(H2,22,29). The molecule has 0 spiro atoms. The van der Waals surface area contributed by atoms with Gasteiger partial charge in [-0.25, -0.2) is 31.8 Å². The third-order valence-electron chi connectivity index (χ3n) is 5.64. The Morgan fingerprint density at radius 2 is 1.94 bits per heavy atom. The molecule has 3 aromatic heterocycles. The lowest BCUT2D eigenvalue weighted by Crippen LogP contribution is -2.59. The van der Waals surface area contributed by atoms with Crippen LogP contribution in [0.4, 0.5) is 4.79 Å². The number of nitrogens with two attached hydrogens (primary N) is 1. The maximum absolute atomic E-state index is 13.3. The van der Waals surface area contributed by atoms with Crippen LogP contribution in [0.3, 0.4) is 0 Å². The zero-order valence-electron chi connectivity index (χ0n) is 17.9. The van der Waals surface area contributed by atoms with Crippen LogP contribution in [0.15, 0.2) is 47.6 Å². The fraction of sp³-hybridized carbons (Fsp3) is 0.286. The van der Waals surface area contributed by atoms with Gasteiger partial charge < -0.3 is 20.6 Å². The number of rotatable bonds is 5. The van der Waals surface area contributed by atoms with E-state index in [1.165, 1.54) is 12.4 Å². The molecule has 172 valence electrons. The number of aliphatic hydroxyl groups excluding tert-OH is 1. The molecular weight excluding hydrogens is 448 g/mol. The fourth-order valence-corrected chi connectivity index (χ4v) is 5.32. The van der Waals surface area contributed by atoms with Gasteiger partial charge in [-0.2, -0.15) is 0 Å². The van der Waals surface area contributed by atoms with Crippen molar-refractivity contribution in [2.45, 2.75) is 31.0 Å². The van der Waals surface area contributed by atoms with Crippen molar-refractivity contribution in [2.75, 3.05) is 18.1 Å². The molecule has 0 bridgehead atoms. The molecule has 1 aromatic carbocycles. The van der Waals surface area contributed by atoms with Gasteiger partial charge in [0.15, 0.2) is 11.5 Å². The largest absolute Gasteiger partial charge is 0.442 e. The summed E-state index contributed by atoms with van der Waals surface area (Å²) >= 11 is 0. The minimum Gasteiger partial charge on any atom is -0.442 e. The molecule has 4 aromatic rings. The molecule has 0 radical (unpaired) electrons. The first-order chi connectivity index (χ1) is 15.7. The van der Waals surface area contributed by atoms with Gasteiger partial charge in [-0.3, -0.25) is 0 Å². The lowest BCUT2D eigenvalue weighted by molar-refractivity contribution is 0.0754. The number of primary amides is 1. The summed E-state index contributed by atoms with van der Waals surface area (Å²) in [5.74, 6) is 0.367. The Kier molecular flexibility index (Phi) is 4.79. The number of benzene rings is 1. The van der Waals surface area contributed by atoms with Crippen LogP contribution in [-0.4, -0.2) is 57.4 Å². The lowest BCUT2D eigenvalue weighted by atomic mass is 10.2. The molecule has 1 saturated heterocycles. The van der Waals surface area contributed by atoms with Gasteiger partial charge in [0.1, 0.15) is 23.2 Å². The van der Waals surface area contributed by atoms with Crippen LogP contribution in [0.1, 0.15) is 24.4 Å². The maximum Gasteiger partial charge on any atom is 0.404 e. The molecule has 5 rings (SSSR count). The van der Waals surface area contributed by atoms with Gasteiger partial charge in [0.05, 0.1) is 24.2 Å². The summed E-state index contributed by atoms with van der Waals surface area (Å²) in [4.78, 5) is 20.1. The van der Waals surface area contributed by atoms with Crippen molar-refractivity contribution in [3.05, 3.63) is 54.1 Å². The van der Waals surface area contributed by atoms with Gasteiger partial charge in [-0.05, 0) is 32.0 Å². The number of hydrogen-bond donors (Lipinski definition) is 2. The van der Waals surface area contributed by atoms with E-state index in [0.717, 1.165) is 9.54 Å². The predicted octanol–water partition coefficient (Wildman–Crippen LogP) is 1.40. The fourth-order valence-electron chi connectivity index (χ4n) is 4.02. The number of fused-ring (bicyclic) bond motifs is 3. The summed E-state index contributed by atoms with van der Waals surface area (Å²) in [6.45, 7) is 4.17. The highest BCUT2D eigenvalue weighted by atomic mass is 32.2. The second kappa shape index (κ2) is 7.46. The summed E-state index contributed by atoms with van der Waals surface area (Å²) < 4.78 is 34.5. The Hall–Kier alpha value is -3.64. The van der Waals surface area contributed by atoms with E-state index in [0.29, 0.717) is 35.3 Å². The third-order valence-corrected chi connectivity index (χ3v) is 7.32. The number of amides is 1. The number of nitrogens with zero attached hydrogens (tertiary/aromatic N) is 5. The van der Waals surface area contributed by atoms with E-state index in [2.05, 4.69) is 9.97 Å². The minimum atomic E-state index is -3.87. The Bertz CT molecular complexity index is 1480. The molecule has 3 N–H and O–H groups in total. The number of hydrogen-bond acceptors (Lipinski definition) is 8. The van der Waals surface area contributed by atoms with Gasteiger partial charge in [-0.1, -0.05) is 17.7 Å². The maximum atomic E-state index is 13.3. The minimum absolute atomic E-state index is 0.153. The first-order valence-electron chi connectivity index (χ1n) is 10.3. The number of aliphatic hydroxyl groups is 1. The highest BCUT2D eigenvalue weighted by molar-refractivity contribution is 7.90. The number of aryl methyl sites for hydroxylation is 1. The summed E-state index contributed by atoms with van der Waals surface area (Å²) in [6, 6.07) is 8.26. The molecule has 33 heavy (non-hydrogen) atoms. The first kappa shape index (κ1) is 21.2. The van der Waals surface area contributed by atoms with E-state index in [1.54, 1.807) is 41.9 Å². The zero-order chi connectivity index (χ0) is 23.5. The topological polar surface area (TPSA) is 146 Å². The van der Waals surface area contributed by atoms with Gasteiger partial charge >= 0.3 is 6.09 Å².